The molecule has 1 aliphatic heterocycles. The van der Waals surface area contributed by atoms with Gasteiger partial charge in [-0.1, -0.05) is 19.1 Å². The van der Waals surface area contributed by atoms with Gasteiger partial charge in [-0.15, -0.1) is 0 Å². The van der Waals surface area contributed by atoms with E-state index >= 15 is 0 Å². The van der Waals surface area contributed by atoms with Gasteiger partial charge in [0, 0.05) is 31.3 Å². The molecule has 6 heteroatoms. The van der Waals surface area contributed by atoms with Gasteiger partial charge >= 0.3 is 0 Å². The SMILES string of the molecule is CCC1(CO)CCN(C(=O)Cc2cccc([N+](=O)[O-])c2C)CC1. The van der Waals surface area contributed by atoms with Crippen molar-refractivity contribution in [1.29, 1.82) is 0 Å². The molecule has 126 valence electrons. The van der Waals surface area contributed by atoms with Crippen LogP contribution in [0, 0.1) is 22.5 Å². The predicted molar refractivity (Wildman–Crippen MR) is 87.2 cm³/mol. The molecule has 0 unspecified atom stereocenters. The minimum Gasteiger partial charge on any atom is -0.396 e. The van der Waals surface area contributed by atoms with Crippen LogP contribution < -0.4 is 0 Å². The van der Waals surface area contributed by atoms with E-state index in [1.165, 1.54) is 6.07 Å². The number of nitrogens with zero attached hydrogens (tertiary/aromatic N) is 2. The van der Waals surface area contributed by atoms with Crippen molar-refractivity contribution in [1.82, 2.24) is 4.90 Å². The molecular weight excluding hydrogens is 296 g/mol. The van der Waals surface area contributed by atoms with Crippen LogP contribution in [-0.4, -0.2) is 40.5 Å². The highest BCUT2D eigenvalue weighted by molar-refractivity contribution is 5.79. The molecule has 1 aliphatic rings. The zero-order valence-corrected chi connectivity index (χ0v) is 13.7. The summed E-state index contributed by atoms with van der Waals surface area (Å²) < 4.78 is 0. The Morgan fingerprint density at radius 1 is 1.39 bits per heavy atom. The predicted octanol–water partition coefficient (Wildman–Crippen LogP) is 2.46. The number of likely N-dealkylation sites (tertiary alicyclic amines) is 1. The summed E-state index contributed by atoms with van der Waals surface area (Å²) in [5, 5.41) is 20.5. The van der Waals surface area contributed by atoms with Crippen LogP contribution in [0.15, 0.2) is 18.2 Å². The second-order valence-electron chi connectivity index (χ2n) is 6.39. The maximum absolute atomic E-state index is 12.5. The molecule has 0 aromatic heterocycles. The molecule has 0 bridgehead atoms. The highest BCUT2D eigenvalue weighted by atomic mass is 16.6. The van der Waals surface area contributed by atoms with Crippen LogP contribution in [0.2, 0.25) is 0 Å². The van der Waals surface area contributed by atoms with Crippen molar-refractivity contribution in [2.75, 3.05) is 19.7 Å². The van der Waals surface area contributed by atoms with Gasteiger partial charge in [0.15, 0.2) is 0 Å². The minimum absolute atomic E-state index is 0.00348. The number of nitro benzene ring substituents is 1. The van der Waals surface area contributed by atoms with E-state index in [2.05, 4.69) is 6.92 Å². The van der Waals surface area contributed by atoms with E-state index < -0.39 is 4.92 Å². The van der Waals surface area contributed by atoms with Crippen LogP contribution in [0.1, 0.15) is 37.3 Å². The summed E-state index contributed by atoms with van der Waals surface area (Å²) in [7, 11) is 0. The first kappa shape index (κ1) is 17.4. The van der Waals surface area contributed by atoms with Crippen molar-refractivity contribution in [3.63, 3.8) is 0 Å². The maximum atomic E-state index is 12.5. The van der Waals surface area contributed by atoms with Crippen molar-refractivity contribution in [2.45, 2.75) is 39.5 Å². The van der Waals surface area contributed by atoms with E-state index in [-0.39, 0.29) is 30.0 Å². The quantitative estimate of drug-likeness (QED) is 0.667. The molecule has 2 rings (SSSR count). The van der Waals surface area contributed by atoms with Gasteiger partial charge < -0.3 is 10.0 Å². The van der Waals surface area contributed by atoms with Crippen molar-refractivity contribution in [3.05, 3.63) is 39.4 Å². The molecular formula is C17H24N2O4. The monoisotopic (exact) mass is 320 g/mol. The van der Waals surface area contributed by atoms with Crippen LogP contribution in [0.25, 0.3) is 0 Å². The molecule has 23 heavy (non-hydrogen) atoms. The van der Waals surface area contributed by atoms with Crippen LogP contribution in [0.5, 0.6) is 0 Å². The molecule has 1 amide bonds. The summed E-state index contributed by atoms with van der Waals surface area (Å²) in [5.74, 6) is -0.00348. The third-order valence-electron chi connectivity index (χ3n) is 5.22. The van der Waals surface area contributed by atoms with E-state index in [1.807, 2.05) is 4.90 Å². The molecule has 1 heterocycles. The number of hydrogen-bond acceptors (Lipinski definition) is 4. The molecule has 0 atom stereocenters. The van der Waals surface area contributed by atoms with Crippen LogP contribution in [0.3, 0.4) is 0 Å². The largest absolute Gasteiger partial charge is 0.396 e. The number of amides is 1. The normalized spacial score (nSPS) is 17.1. The molecule has 1 N–H and O–H groups in total. The Bertz CT molecular complexity index is 586. The molecule has 1 aromatic carbocycles. The number of rotatable bonds is 5. The maximum Gasteiger partial charge on any atom is 0.272 e. The number of hydrogen-bond donors (Lipinski definition) is 1. The lowest BCUT2D eigenvalue weighted by Crippen LogP contribution is -2.45. The lowest BCUT2D eigenvalue weighted by molar-refractivity contribution is -0.385. The second kappa shape index (κ2) is 7.08. The van der Waals surface area contributed by atoms with Gasteiger partial charge in [-0.25, -0.2) is 0 Å². The smallest absolute Gasteiger partial charge is 0.272 e. The van der Waals surface area contributed by atoms with E-state index in [0.29, 0.717) is 24.2 Å². The molecule has 1 aromatic rings. The van der Waals surface area contributed by atoms with E-state index in [1.54, 1.807) is 19.1 Å². The van der Waals surface area contributed by atoms with Crippen molar-refractivity contribution in [2.24, 2.45) is 5.41 Å². The molecule has 0 spiro atoms. The number of carbonyl (C=O) groups excluding carboxylic acids is 1. The fourth-order valence-corrected chi connectivity index (χ4v) is 3.19. The number of benzene rings is 1. The second-order valence-corrected chi connectivity index (χ2v) is 6.39. The van der Waals surface area contributed by atoms with Gasteiger partial charge in [-0.2, -0.15) is 0 Å². The number of aliphatic hydroxyl groups is 1. The number of carbonyl (C=O) groups is 1. The molecule has 0 radical (unpaired) electrons. The molecule has 1 saturated heterocycles. The number of nitro groups is 1. The lowest BCUT2D eigenvalue weighted by atomic mass is 9.77. The Hall–Kier alpha value is -1.95. The Morgan fingerprint density at radius 2 is 2.04 bits per heavy atom. The Labute approximate surface area is 136 Å². The van der Waals surface area contributed by atoms with Gasteiger partial charge in [0.05, 0.1) is 11.3 Å². The van der Waals surface area contributed by atoms with Gasteiger partial charge in [0.2, 0.25) is 5.91 Å². The lowest BCUT2D eigenvalue weighted by Gasteiger charge is -2.40. The topological polar surface area (TPSA) is 83.7 Å². The fraction of sp³-hybridized carbons (Fsp3) is 0.588. The average molecular weight is 320 g/mol. The zero-order chi connectivity index (χ0) is 17.0. The van der Waals surface area contributed by atoms with Crippen LogP contribution in [0.4, 0.5) is 5.69 Å². The Kier molecular flexibility index (Phi) is 5.36. The molecule has 0 saturated carbocycles. The number of aliphatic hydroxyl groups excluding tert-OH is 1. The first-order valence-corrected chi connectivity index (χ1v) is 8.04. The fourth-order valence-electron chi connectivity index (χ4n) is 3.19. The number of piperidine rings is 1. The minimum atomic E-state index is -0.416. The van der Waals surface area contributed by atoms with Crippen LogP contribution >= 0.6 is 0 Å². The summed E-state index contributed by atoms with van der Waals surface area (Å²) in [6.07, 6.45) is 2.71. The average Bonchev–Trinajstić information content (AvgIpc) is 2.56. The highest BCUT2D eigenvalue weighted by Crippen LogP contribution is 2.34. The van der Waals surface area contributed by atoms with Gasteiger partial charge in [-0.3, -0.25) is 14.9 Å². The molecule has 1 fully saturated rings. The van der Waals surface area contributed by atoms with Crippen molar-refractivity contribution >= 4 is 11.6 Å². The molecule has 6 nitrogen and oxygen atoms in total. The van der Waals surface area contributed by atoms with E-state index in [0.717, 1.165) is 19.3 Å². The summed E-state index contributed by atoms with van der Waals surface area (Å²) in [5.41, 5.74) is 1.26. The Balaban J connectivity index is 2.04. The first-order valence-electron chi connectivity index (χ1n) is 8.04. The van der Waals surface area contributed by atoms with E-state index in [4.69, 9.17) is 0 Å². The summed E-state index contributed by atoms with van der Waals surface area (Å²) in [6, 6.07) is 4.85. The summed E-state index contributed by atoms with van der Waals surface area (Å²) >= 11 is 0. The molecule has 0 aliphatic carbocycles. The van der Waals surface area contributed by atoms with Gasteiger partial charge in [-0.05, 0) is 37.2 Å². The zero-order valence-electron chi connectivity index (χ0n) is 13.7. The third-order valence-corrected chi connectivity index (χ3v) is 5.22. The van der Waals surface area contributed by atoms with Gasteiger partial charge in [0.1, 0.15) is 0 Å². The Morgan fingerprint density at radius 3 is 2.57 bits per heavy atom. The summed E-state index contributed by atoms with van der Waals surface area (Å²) in [4.78, 5) is 24.9. The van der Waals surface area contributed by atoms with Gasteiger partial charge in [0.25, 0.3) is 5.69 Å². The first-order chi connectivity index (χ1) is 10.9. The standard InChI is InChI=1S/C17H24N2O4/c1-3-17(12-20)7-9-18(10-8-17)16(21)11-14-5-4-6-15(13(14)2)19(22)23/h4-6,20H,3,7-12H2,1-2H3. The van der Waals surface area contributed by atoms with Crippen molar-refractivity contribution in [3.8, 4) is 0 Å². The summed E-state index contributed by atoms with van der Waals surface area (Å²) in [6.45, 7) is 5.20. The van der Waals surface area contributed by atoms with E-state index in [9.17, 15) is 20.0 Å². The highest BCUT2D eigenvalue weighted by Gasteiger charge is 2.33. The van der Waals surface area contributed by atoms with Crippen LogP contribution in [-0.2, 0) is 11.2 Å². The third kappa shape index (κ3) is 3.69. The van der Waals surface area contributed by atoms with Crippen molar-refractivity contribution < 1.29 is 14.8 Å².